The summed E-state index contributed by atoms with van der Waals surface area (Å²) in [4.78, 5) is 0. The first kappa shape index (κ1) is 18.7. The van der Waals surface area contributed by atoms with Crippen LogP contribution in [0.15, 0.2) is 0 Å². The van der Waals surface area contributed by atoms with E-state index in [-0.39, 0.29) is 0 Å². The maximum Gasteiger partial charge on any atom is 0.0575 e. The Hall–Kier alpha value is -0.0400. The summed E-state index contributed by atoms with van der Waals surface area (Å²) < 4.78 is 5.84. The molecule has 1 nitrogen and oxygen atoms in total. The van der Waals surface area contributed by atoms with Crippen molar-refractivity contribution < 1.29 is 4.74 Å². The minimum absolute atomic E-state index is 0.584. The lowest BCUT2D eigenvalue weighted by Gasteiger charge is -2.41. The van der Waals surface area contributed by atoms with E-state index in [1.165, 1.54) is 38.5 Å². The molecular weight excluding hydrogens is 292 g/mol. The molecule has 0 bridgehead atoms. The van der Waals surface area contributed by atoms with Crippen LogP contribution in [0, 0.1) is 29.6 Å². The first-order valence-corrected chi connectivity index (χ1v) is 11.4. The fourth-order valence-electron chi connectivity index (χ4n) is 6.41. The van der Waals surface area contributed by atoms with Gasteiger partial charge < -0.3 is 4.74 Å². The van der Waals surface area contributed by atoms with Crippen LogP contribution in [0.25, 0.3) is 0 Å². The molecule has 0 heterocycles. The lowest BCUT2D eigenvalue weighted by molar-refractivity contribution is 0.0116. The average molecular weight is 335 g/mol. The van der Waals surface area contributed by atoms with Gasteiger partial charge >= 0.3 is 0 Å². The topological polar surface area (TPSA) is 9.23 Å². The van der Waals surface area contributed by atoms with Crippen molar-refractivity contribution in [3.8, 4) is 0 Å². The number of hydrogen-bond donors (Lipinski definition) is 0. The van der Waals surface area contributed by atoms with Gasteiger partial charge in [-0.1, -0.05) is 32.6 Å². The monoisotopic (exact) mass is 334 g/mol. The van der Waals surface area contributed by atoms with E-state index in [0.717, 1.165) is 36.2 Å². The molecule has 0 saturated heterocycles. The molecular formula is C23H42O. The van der Waals surface area contributed by atoms with Crippen LogP contribution in [0.3, 0.4) is 0 Å². The molecule has 0 aromatic heterocycles. The van der Waals surface area contributed by atoms with Crippen LogP contribution in [0.4, 0.5) is 0 Å². The number of ether oxygens (including phenoxy) is 1. The van der Waals surface area contributed by atoms with Crippen molar-refractivity contribution in [2.45, 2.75) is 110 Å². The summed E-state index contributed by atoms with van der Waals surface area (Å²) in [6.45, 7) is 5.40. The molecule has 0 atom stereocenters. The highest BCUT2D eigenvalue weighted by atomic mass is 16.5. The molecule has 140 valence electrons. The molecule has 0 N–H and O–H groups in total. The molecule has 3 rings (SSSR count). The lowest BCUT2D eigenvalue weighted by Crippen LogP contribution is -2.31. The van der Waals surface area contributed by atoms with E-state index in [2.05, 4.69) is 13.8 Å². The quantitative estimate of drug-likeness (QED) is 0.508. The van der Waals surface area contributed by atoms with Crippen LogP contribution in [-0.4, -0.2) is 12.7 Å². The standard InChI is InChI=1S/C23H42O/c1-3-5-18-6-8-19(9-7-18)20-10-12-21(13-11-20)22-14-16-23(17-15-22)24-4-2/h18-23H,3-17H2,1-2H3. The van der Waals surface area contributed by atoms with Gasteiger partial charge in [-0.3, -0.25) is 0 Å². The molecule has 0 radical (unpaired) electrons. The van der Waals surface area contributed by atoms with Gasteiger partial charge in [-0.05, 0) is 101 Å². The van der Waals surface area contributed by atoms with Crippen LogP contribution in [0.1, 0.15) is 104 Å². The van der Waals surface area contributed by atoms with Gasteiger partial charge in [0.1, 0.15) is 0 Å². The summed E-state index contributed by atoms with van der Waals surface area (Å²) in [6, 6.07) is 0. The van der Waals surface area contributed by atoms with Gasteiger partial charge in [0.25, 0.3) is 0 Å². The second-order valence-corrected chi connectivity index (χ2v) is 9.24. The third-order valence-electron chi connectivity index (χ3n) is 7.86. The van der Waals surface area contributed by atoms with Crippen LogP contribution >= 0.6 is 0 Å². The van der Waals surface area contributed by atoms with E-state index in [1.807, 2.05) is 0 Å². The van der Waals surface area contributed by atoms with Gasteiger partial charge in [0.15, 0.2) is 0 Å². The maximum absolute atomic E-state index is 5.84. The minimum atomic E-state index is 0.584. The molecule has 0 amide bonds. The average Bonchev–Trinajstić information content (AvgIpc) is 2.64. The van der Waals surface area contributed by atoms with Crippen molar-refractivity contribution in [2.75, 3.05) is 6.61 Å². The van der Waals surface area contributed by atoms with Crippen LogP contribution in [0.5, 0.6) is 0 Å². The third-order valence-corrected chi connectivity index (χ3v) is 7.86. The number of rotatable bonds is 6. The van der Waals surface area contributed by atoms with E-state index in [4.69, 9.17) is 4.74 Å². The zero-order chi connectivity index (χ0) is 16.8. The summed E-state index contributed by atoms with van der Waals surface area (Å²) in [7, 11) is 0. The molecule has 0 aromatic rings. The van der Waals surface area contributed by atoms with Gasteiger partial charge in [-0.15, -0.1) is 0 Å². The molecule has 0 unspecified atom stereocenters. The predicted molar refractivity (Wildman–Crippen MR) is 103 cm³/mol. The molecule has 3 fully saturated rings. The summed E-state index contributed by atoms with van der Waals surface area (Å²) >= 11 is 0. The Morgan fingerprint density at radius 1 is 0.583 bits per heavy atom. The Kier molecular flexibility index (Phi) is 7.50. The van der Waals surface area contributed by atoms with Gasteiger partial charge in [0, 0.05) is 6.61 Å². The van der Waals surface area contributed by atoms with Gasteiger partial charge in [0.2, 0.25) is 0 Å². The second kappa shape index (κ2) is 9.60. The Morgan fingerprint density at radius 3 is 1.42 bits per heavy atom. The van der Waals surface area contributed by atoms with Crippen LogP contribution < -0.4 is 0 Å². The van der Waals surface area contributed by atoms with Gasteiger partial charge in [0.05, 0.1) is 6.10 Å². The van der Waals surface area contributed by atoms with E-state index >= 15 is 0 Å². The zero-order valence-electron chi connectivity index (χ0n) is 16.5. The molecule has 3 aliphatic carbocycles. The zero-order valence-corrected chi connectivity index (χ0v) is 16.5. The Balaban J connectivity index is 1.36. The lowest BCUT2D eigenvalue weighted by atomic mass is 9.65. The highest BCUT2D eigenvalue weighted by molar-refractivity contribution is 4.86. The first-order valence-electron chi connectivity index (χ1n) is 11.4. The van der Waals surface area contributed by atoms with Crippen molar-refractivity contribution in [2.24, 2.45) is 29.6 Å². The normalized spacial score (nSPS) is 41.2. The fraction of sp³-hybridized carbons (Fsp3) is 1.00. The van der Waals surface area contributed by atoms with E-state index in [9.17, 15) is 0 Å². The van der Waals surface area contributed by atoms with Crippen molar-refractivity contribution in [3.63, 3.8) is 0 Å². The molecule has 0 spiro atoms. The molecule has 3 aliphatic rings. The van der Waals surface area contributed by atoms with Crippen molar-refractivity contribution in [1.29, 1.82) is 0 Å². The van der Waals surface area contributed by atoms with Gasteiger partial charge in [-0.2, -0.15) is 0 Å². The van der Waals surface area contributed by atoms with E-state index in [0.29, 0.717) is 6.10 Å². The highest BCUT2D eigenvalue weighted by Crippen LogP contribution is 2.45. The number of hydrogen-bond acceptors (Lipinski definition) is 1. The van der Waals surface area contributed by atoms with Crippen LogP contribution in [-0.2, 0) is 4.74 Å². The predicted octanol–water partition coefficient (Wildman–Crippen LogP) is 6.99. The fourth-order valence-corrected chi connectivity index (χ4v) is 6.41. The SMILES string of the molecule is CCCC1CCC(C2CCC(C3CCC(OCC)CC3)CC2)CC1. The van der Waals surface area contributed by atoms with Crippen molar-refractivity contribution >= 4 is 0 Å². The van der Waals surface area contributed by atoms with Crippen molar-refractivity contribution in [1.82, 2.24) is 0 Å². The minimum Gasteiger partial charge on any atom is -0.379 e. The Bertz CT molecular complexity index is 294. The summed E-state index contributed by atoms with van der Waals surface area (Å²) in [5.41, 5.74) is 0. The summed E-state index contributed by atoms with van der Waals surface area (Å²) in [5, 5.41) is 0. The second-order valence-electron chi connectivity index (χ2n) is 9.24. The highest BCUT2D eigenvalue weighted by Gasteiger charge is 2.34. The summed E-state index contributed by atoms with van der Waals surface area (Å²) in [6.07, 6.45) is 21.4. The molecule has 24 heavy (non-hydrogen) atoms. The Labute approximate surface area is 151 Å². The smallest absolute Gasteiger partial charge is 0.0575 e. The van der Waals surface area contributed by atoms with E-state index < -0.39 is 0 Å². The van der Waals surface area contributed by atoms with Gasteiger partial charge in [-0.25, -0.2) is 0 Å². The largest absolute Gasteiger partial charge is 0.379 e. The first-order chi connectivity index (χ1) is 11.8. The molecule has 3 saturated carbocycles. The molecule has 1 heteroatoms. The maximum atomic E-state index is 5.84. The van der Waals surface area contributed by atoms with Crippen LogP contribution in [0.2, 0.25) is 0 Å². The summed E-state index contributed by atoms with van der Waals surface area (Å²) in [5.74, 6) is 5.34. The Morgan fingerprint density at radius 2 is 1.00 bits per heavy atom. The third kappa shape index (κ3) is 4.99. The van der Waals surface area contributed by atoms with E-state index in [1.54, 1.807) is 51.4 Å². The van der Waals surface area contributed by atoms with Crippen molar-refractivity contribution in [3.05, 3.63) is 0 Å². The molecule has 0 aliphatic heterocycles. The molecule has 0 aromatic carbocycles.